The molecule has 0 aromatic heterocycles. The van der Waals surface area contributed by atoms with Crippen molar-refractivity contribution in [2.45, 2.75) is 45.2 Å². The normalized spacial score (nSPS) is 24.1. The maximum absolute atomic E-state index is 11.5. The molecule has 12 heavy (non-hydrogen) atoms. The fourth-order valence-electron chi connectivity index (χ4n) is 1.37. The molecule has 0 aromatic rings. The van der Waals surface area contributed by atoms with Crippen molar-refractivity contribution in [1.82, 2.24) is 10.6 Å². The molecule has 0 aliphatic carbocycles. The van der Waals surface area contributed by atoms with Gasteiger partial charge in [-0.05, 0) is 40.2 Å². The fraction of sp³-hybridized carbons (Fsp3) is 0.889. The summed E-state index contributed by atoms with van der Waals surface area (Å²) in [5.74, 6) is 0.139. The molecule has 0 unspecified atom stereocenters. The van der Waals surface area contributed by atoms with Gasteiger partial charge < -0.3 is 10.6 Å². The number of nitrogens with one attached hydrogen (secondary N) is 2. The highest BCUT2D eigenvalue weighted by Crippen LogP contribution is 2.07. The molecule has 1 atom stereocenters. The van der Waals surface area contributed by atoms with E-state index >= 15 is 0 Å². The fourth-order valence-corrected chi connectivity index (χ4v) is 1.37. The first-order chi connectivity index (χ1) is 5.49. The maximum Gasteiger partial charge on any atom is 0.237 e. The molecule has 2 N–H and O–H groups in total. The zero-order chi connectivity index (χ0) is 9.19. The van der Waals surface area contributed by atoms with Gasteiger partial charge in [-0.15, -0.1) is 0 Å². The second-order valence-electron chi connectivity index (χ2n) is 4.39. The number of hydrogen-bond acceptors (Lipinski definition) is 2. The third-order valence-corrected chi connectivity index (χ3v) is 1.88. The van der Waals surface area contributed by atoms with Crippen LogP contribution in [0.3, 0.4) is 0 Å². The molecular weight excluding hydrogens is 152 g/mol. The lowest BCUT2D eigenvalue weighted by Crippen LogP contribution is -2.48. The molecule has 3 nitrogen and oxygen atoms in total. The summed E-state index contributed by atoms with van der Waals surface area (Å²) >= 11 is 0. The molecule has 0 saturated carbocycles. The zero-order valence-corrected chi connectivity index (χ0v) is 8.11. The molecule has 1 heterocycles. The van der Waals surface area contributed by atoms with Gasteiger partial charge in [-0.3, -0.25) is 4.79 Å². The molecule has 0 spiro atoms. The van der Waals surface area contributed by atoms with Gasteiger partial charge in [0.25, 0.3) is 0 Å². The molecule has 1 rings (SSSR count). The third kappa shape index (κ3) is 2.81. The lowest BCUT2D eigenvalue weighted by molar-refractivity contribution is -0.124. The predicted octanol–water partition coefficient (Wildman–Crippen LogP) is 0.653. The summed E-state index contributed by atoms with van der Waals surface area (Å²) < 4.78 is 0. The Bertz CT molecular complexity index is 166. The molecule has 1 amide bonds. The predicted molar refractivity (Wildman–Crippen MR) is 48.9 cm³/mol. The number of amides is 1. The van der Waals surface area contributed by atoms with Crippen molar-refractivity contribution in [2.24, 2.45) is 0 Å². The molecule has 1 aliphatic rings. The Morgan fingerprint density at radius 3 is 2.58 bits per heavy atom. The topological polar surface area (TPSA) is 41.1 Å². The van der Waals surface area contributed by atoms with E-state index < -0.39 is 0 Å². The molecule has 1 fully saturated rings. The summed E-state index contributed by atoms with van der Waals surface area (Å²) in [7, 11) is 0. The second kappa shape index (κ2) is 3.44. The van der Waals surface area contributed by atoms with Crippen LogP contribution in [0.4, 0.5) is 0 Å². The van der Waals surface area contributed by atoms with E-state index in [0.29, 0.717) is 0 Å². The lowest BCUT2D eigenvalue weighted by Gasteiger charge is -2.22. The number of carbonyl (C=O) groups excluding carboxylic acids is 1. The Morgan fingerprint density at radius 2 is 2.17 bits per heavy atom. The number of hydrogen-bond donors (Lipinski definition) is 2. The van der Waals surface area contributed by atoms with Crippen molar-refractivity contribution in [3.8, 4) is 0 Å². The first-order valence-corrected chi connectivity index (χ1v) is 4.54. The summed E-state index contributed by atoms with van der Waals surface area (Å²) in [5, 5.41) is 6.13. The first-order valence-electron chi connectivity index (χ1n) is 4.54. The second-order valence-corrected chi connectivity index (χ2v) is 4.39. The Kier molecular flexibility index (Phi) is 2.73. The molecule has 3 heteroatoms. The molecular formula is C9H18N2O. The molecule has 70 valence electrons. The summed E-state index contributed by atoms with van der Waals surface area (Å²) in [5.41, 5.74) is -0.110. The van der Waals surface area contributed by atoms with E-state index in [1.165, 1.54) is 0 Å². The van der Waals surface area contributed by atoms with Gasteiger partial charge in [0, 0.05) is 5.54 Å². The SMILES string of the molecule is CC(C)(C)NC(=O)[C@H]1CCCN1. The highest BCUT2D eigenvalue weighted by atomic mass is 16.2. The van der Waals surface area contributed by atoms with Crippen LogP contribution in [0.15, 0.2) is 0 Å². The lowest BCUT2D eigenvalue weighted by atomic mass is 10.1. The van der Waals surface area contributed by atoms with Gasteiger partial charge in [-0.1, -0.05) is 0 Å². The van der Waals surface area contributed by atoms with E-state index in [2.05, 4.69) is 10.6 Å². The Morgan fingerprint density at radius 1 is 1.50 bits per heavy atom. The Labute approximate surface area is 73.9 Å². The van der Waals surface area contributed by atoms with Gasteiger partial charge in [0.15, 0.2) is 0 Å². The third-order valence-electron chi connectivity index (χ3n) is 1.88. The van der Waals surface area contributed by atoms with E-state index in [1.807, 2.05) is 20.8 Å². The highest BCUT2D eigenvalue weighted by molar-refractivity contribution is 5.82. The number of rotatable bonds is 1. The van der Waals surface area contributed by atoms with Crippen LogP contribution >= 0.6 is 0 Å². The Balaban J connectivity index is 2.37. The van der Waals surface area contributed by atoms with Gasteiger partial charge in [0.1, 0.15) is 0 Å². The van der Waals surface area contributed by atoms with Crippen LogP contribution < -0.4 is 10.6 Å². The summed E-state index contributed by atoms with van der Waals surface area (Å²) in [4.78, 5) is 11.5. The molecule has 0 radical (unpaired) electrons. The van der Waals surface area contributed by atoms with Crippen LogP contribution in [-0.2, 0) is 4.79 Å². The highest BCUT2D eigenvalue weighted by Gasteiger charge is 2.24. The Hall–Kier alpha value is -0.570. The monoisotopic (exact) mass is 170 g/mol. The minimum Gasteiger partial charge on any atom is -0.350 e. The van der Waals surface area contributed by atoms with E-state index in [9.17, 15) is 4.79 Å². The smallest absolute Gasteiger partial charge is 0.237 e. The van der Waals surface area contributed by atoms with E-state index in [0.717, 1.165) is 19.4 Å². The van der Waals surface area contributed by atoms with Crippen molar-refractivity contribution in [1.29, 1.82) is 0 Å². The minimum atomic E-state index is -0.110. The molecule has 0 bridgehead atoms. The minimum absolute atomic E-state index is 0.0456. The van der Waals surface area contributed by atoms with E-state index in [-0.39, 0.29) is 17.5 Å². The standard InChI is InChI=1S/C9H18N2O/c1-9(2,3)11-8(12)7-5-4-6-10-7/h7,10H,4-6H2,1-3H3,(H,11,12)/t7-/m1/s1. The van der Waals surface area contributed by atoms with Gasteiger partial charge in [0.05, 0.1) is 6.04 Å². The number of carbonyl (C=O) groups is 1. The van der Waals surface area contributed by atoms with Crippen LogP contribution in [0, 0.1) is 0 Å². The van der Waals surface area contributed by atoms with Crippen molar-refractivity contribution < 1.29 is 4.79 Å². The summed E-state index contributed by atoms with van der Waals surface area (Å²) in [6.07, 6.45) is 2.09. The van der Waals surface area contributed by atoms with Crippen LogP contribution in [0.2, 0.25) is 0 Å². The van der Waals surface area contributed by atoms with Gasteiger partial charge in [0.2, 0.25) is 5.91 Å². The van der Waals surface area contributed by atoms with Crippen molar-refractivity contribution in [3.63, 3.8) is 0 Å². The summed E-state index contributed by atoms with van der Waals surface area (Å²) in [6.45, 7) is 6.97. The first kappa shape index (κ1) is 9.52. The average Bonchev–Trinajstić information content (AvgIpc) is 2.32. The molecule has 0 aromatic carbocycles. The van der Waals surface area contributed by atoms with Gasteiger partial charge in [-0.2, -0.15) is 0 Å². The molecule has 1 saturated heterocycles. The quantitative estimate of drug-likeness (QED) is 0.607. The van der Waals surface area contributed by atoms with Gasteiger partial charge >= 0.3 is 0 Å². The van der Waals surface area contributed by atoms with Crippen LogP contribution in [0.25, 0.3) is 0 Å². The molecule has 1 aliphatic heterocycles. The average molecular weight is 170 g/mol. The van der Waals surface area contributed by atoms with Crippen LogP contribution in [0.1, 0.15) is 33.6 Å². The van der Waals surface area contributed by atoms with Crippen LogP contribution in [0.5, 0.6) is 0 Å². The van der Waals surface area contributed by atoms with Crippen LogP contribution in [-0.4, -0.2) is 24.0 Å². The van der Waals surface area contributed by atoms with Crippen molar-refractivity contribution in [3.05, 3.63) is 0 Å². The van der Waals surface area contributed by atoms with E-state index in [1.54, 1.807) is 0 Å². The maximum atomic E-state index is 11.5. The van der Waals surface area contributed by atoms with E-state index in [4.69, 9.17) is 0 Å². The summed E-state index contributed by atoms with van der Waals surface area (Å²) in [6, 6.07) is 0.0456. The largest absolute Gasteiger partial charge is 0.350 e. The van der Waals surface area contributed by atoms with Crippen molar-refractivity contribution in [2.75, 3.05) is 6.54 Å². The van der Waals surface area contributed by atoms with Gasteiger partial charge in [-0.25, -0.2) is 0 Å². The van der Waals surface area contributed by atoms with Crippen molar-refractivity contribution >= 4 is 5.91 Å². The zero-order valence-electron chi connectivity index (χ0n) is 8.11.